The highest BCUT2D eigenvalue weighted by molar-refractivity contribution is 7.98. The highest BCUT2D eigenvalue weighted by Gasteiger charge is 2.17. The molecule has 110 valence electrons. The standard InChI is InChI=1S/C14H13NO5S/c1-7-5-8(2)15-12(11(7)14(18)19)21-6-9-3-4-10(20-9)13(16)17/h3-5H,6H2,1-2H3,(H,16,17)(H,18,19). The van der Waals surface area contributed by atoms with Crippen molar-refractivity contribution in [3.63, 3.8) is 0 Å². The first-order valence-electron chi connectivity index (χ1n) is 6.05. The number of carboxylic acids is 2. The van der Waals surface area contributed by atoms with Gasteiger partial charge in [0, 0.05) is 5.69 Å². The lowest BCUT2D eigenvalue weighted by molar-refractivity contribution is 0.0658. The number of carboxylic acid groups (broad SMARTS) is 2. The minimum absolute atomic E-state index is 0.141. The molecule has 0 aliphatic carbocycles. The van der Waals surface area contributed by atoms with Crippen LogP contribution in [0.25, 0.3) is 0 Å². The molecule has 0 saturated carbocycles. The number of nitrogens with zero attached hydrogens (tertiary/aromatic N) is 1. The first-order valence-corrected chi connectivity index (χ1v) is 7.03. The van der Waals surface area contributed by atoms with Crippen LogP contribution < -0.4 is 0 Å². The van der Waals surface area contributed by atoms with Crippen LogP contribution in [0.4, 0.5) is 0 Å². The second-order valence-corrected chi connectivity index (χ2v) is 5.39. The summed E-state index contributed by atoms with van der Waals surface area (Å²) in [5.41, 5.74) is 1.53. The van der Waals surface area contributed by atoms with E-state index in [1.54, 1.807) is 26.0 Å². The Bertz CT molecular complexity index is 707. The van der Waals surface area contributed by atoms with Crippen LogP contribution in [0.1, 0.15) is 37.9 Å². The van der Waals surface area contributed by atoms with E-state index in [0.717, 1.165) is 5.69 Å². The van der Waals surface area contributed by atoms with Crippen LogP contribution in [0.3, 0.4) is 0 Å². The fraction of sp³-hybridized carbons (Fsp3) is 0.214. The predicted octanol–water partition coefficient (Wildman–Crippen LogP) is 2.98. The zero-order valence-corrected chi connectivity index (χ0v) is 12.2. The summed E-state index contributed by atoms with van der Waals surface area (Å²) in [7, 11) is 0. The molecule has 0 aliphatic rings. The summed E-state index contributed by atoms with van der Waals surface area (Å²) in [4.78, 5) is 26.3. The lowest BCUT2D eigenvalue weighted by atomic mass is 10.1. The molecule has 0 radical (unpaired) electrons. The van der Waals surface area contributed by atoms with Gasteiger partial charge in [0.25, 0.3) is 0 Å². The van der Waals surface area contributed by atoms with Gasteiger partial charge < -0.3 is 14.6 Å². The number of furan rings is 1. The molecule has 0 aliphatic heterocycles. The number of aromatic carboxylic acids is 2. The fourth-order valence-corrected chi connectivity index (χ4v) is 2.91. The van der Waals surface area contributed by atoms with Gasteiger partial charge in [-0.3, -0.25) is 0 Å². The highest BCUT2D eigenvalue weighted by atomic mass is 32.2. The molecule has 2 rings (SSSR count). The SMILES string of the molecule is Cc1cc(C)c(C(=O)O)c(SCc2ccc(C(=O)O)o2)n1. The monoisotopic (exact) mass is 307 g/mol. The number of rotatable bonds is 5. The van der Waals surface area contributed by atoms with E-state index in [0.29, 0.717) is 22.1 Å². The second kappa shape index (κ2) is 6.01. The first kappa shape index (κ1) is 15.1. The van der Waals surface area contributed by atoms with E-state index >= 15 is 0 Å². The third-order valence-electron chi connectivity index (χ3n) is 2.75. The number of hydrogen-bond donors (Lipinski definition) is 2. The zero-order valence-electron chi connectivity index (χ0n) is 11.4. The maximum atomic E-state index is 11.3. The normalized spacial score (nSPS) is 10.6. The van der Waals surface area contributed by atoms with E-state index in [-0.39, 0.29) is 11.3 Å². The van der Waals surface area contributed by atoms with E-state index in [1.165, 1.54) is 17.8 Å². The summed E-state index contributed by atoms with van der Waals surface area (Å²) < 4.78 is 5.13. The molecule has 2 heterocycles. The average Bonchev–Trinajstić information content (AvgIpc) is 2.83. The van der Waals surface area contributed by atoms with E-state index in [9.17, 15) is 14.7 Å². The molecule has 21 heavy (non-hydrogen) atoms. The topological polar surface area (TPSA) is 101 Å². The molecular formula is C14H13NO5S. The Morgan fingerprint density at radius 1 is 1.24 bits per heavy atom. The molecular weight excluding hydrogens is 294 g/mol. The highest BCUT2D eigenvalue weighted by Crippen LogP contribution is 2.28. The van der Waals surface area contributed by atoms with Gasteiger partial charge in [-0.1, -0.05) is 11.8 Å². The third-order valence-corrected chi connectivity index (χ3v) is 3.75. The van der Waals surface area contributed by atoms with Crippen molar-refractivity contribution in [2.75, 3.05) is 0 Å². The smallest absolute Gasteiger partial charge is 0.371 e. The maximum Gasteiger partial charge on any atom is 0.371 e. The Morgan fingerprint density at radius 3 is 2.52 bits per heavy atom. The fourth-order valence-electron chi connectivity index (χ4n) is 1.88. The molecule has 0 aromatic carbocycles. The summed E-state index contributed by atoms with van der Waals surface area (Å²) in [6.45, 7) is 3.51. The van der Waals surface area contributed by atoms with Gasteiger partial charge in [0.05, 0.1) is 11.3 Å². The van der Waals surface area contributed by atoms with Crippen molar-refractivity contribution in [2.24, 2.45) is 0 Å². The number of aromatic nitrogens is 1. The van der Waals surface area contributed by atoms with E-state index in [1.807, 2.05) is 0 Å². The van der Waals surface area contributed by atoms with E-state index in [4.69, 9.17) is 9.52 Å². The summed E-state index contributed by atoms with van der Waals surface area (Å²) in [5.74, 6) is -1.55. The van der Waals surface area contributed by atoms with Crippen molar-refractivity contribution in [3.8, 4) is 0 Å². The number of pyridine rings is 1. The van der Waals surface area contributed by atoms with Gasteiger partial charge in [-0.25, -0.2) is 14.6 Å². The minimum atomic E-state index is -1.14. The van der Waals surface area contributed by atoms with Crippen LogP contribution >= 0.6 is 11.8 Å². The van der Waals surface area contributed by atoms with Crippen LogP contribution in [0, 0.1) is 13.8 Å². The molecule has 0 atom stereocenters. The Balaban J connectivity index is 2.22. The molecule has 0 unspecified atom stereocenters. The van der Waals surface area contributed by atoms with Crippen LogP contribution in [0.15, 0.2) is 27.6 Å². The Labute approximate surface area is 124 Å². The van der Waals surface area contributed by atoms with Gasteiger partial charge in [0.2, 0.25) is 5.76 Å². The lowest BCUT2D eigenvalue weighted by Gasteiger charge is -2.08. The van der Waals surface area contributed by atoms with Gasteiger partial charge in [-0.15, -0.1) is 0 Å². The quantitative estimate of drug-likeness (QED) is 0.819. The Hall–Kier alpha value is -2.28. The maximum absolute atomic E-state index is 11.3. The summed E-state index contributed by atoms with van der Waals surface area (Å²) in [6, 6.07) is 4.63. The molecule has 0 bridgehead atoms. The molecule has 0 fully saturated rings. The summed E-state index contributed by atoms with van der Waals surface area (Å²) >= 11 is 1.20. The van der Waals surface area contributed by atoms with Crippen molar-refractivity contribution in [2.45, 2.75) is 24.6 Å². The van der Waals surface area contributed by atoms with Crippen molar-refractivity contribution in [3.05, 3.63) is 46.5 Å². The second-order valence-electron chi connectivity index (χ2n) is 4.43. The number of hydrogen-bond acceptors (Lipinski definition) is 5. The van der Waals surface area contributed by atoms with Crippen molar-refractivity contribution in [1.29, 1.82) is 0 Å². The lowest BCUT2D eigenvalue weighted by Crippen LogP contribution is -2.05. The molecule has 0 spiro atoms. The number of thioether (sulfide) groups is 1. The van der Waals surface area contributed by atoms with Crippen molar-refractivity contribution >= 4 is 23.7 Å². The van der Waals surface area contributed by atoms with Gasteiger partial charge in [-0.05, 0) is 37.6 Å². The average molecular weight is 307 g/mol. The Morgan fingerprint density at radius 2 is 1.95 bits per heavy atom. The van der Waals surface area contributed by atoms with Crippen molar-refractivity contribution in [1.82, 2.24) is 4.98 Å². The first-order chi connectivity index (χ1) is 9.88. The summed E-state index contributed by atoms with van der Waals surface area (Å²) in [5, 5.41) is 18.4. The van der Waals surface area contributed by atoms with Gasteiger partial charge >= 0.3 is 11.9 Å². The molecule has 2 N–H and O–H groups in total. The molecule has 2 aromatic rings. The van der Waals surface area contributed by atoms with E-state index in [2.05, 4.69) is 4.98 Å². The predicted molar refractivity (Wildman–Crippen MR) is 75.9 cm³/mol. The van der Waals surface area contributed by atoms with Crippen LogP contribution in [0.5, 0.6) is 0 Å². The third kappa shape index (κ3) is 3.43. The molecule has 7 heteroatoms. The number of aryl methyl sites for hydroxylation is 2. The van der Waals surface area contributed by atoms with Crippen LogP contribution in [0.2, 0.25) is 0 Å². The van der Waals surface area contributed by atoms with Gasteiger partial charge in [-0.2, -0.15) is 0 Å². The number of carbonyl (C=O) groups is 2. The minimum Gasteiger partial charge on any atom is -0.478 e. The molecule has 6 nitrogen and oxygen atoms in total. The van der Waals surface area contributed by atoms with Crippen LogP contribution in [-0.2, 0) is 5.75 Å². The Kier molecular flexibility index (Phi) is 4.32. The molecule has 0 amide bonds. The van der Waals surface area contributed by atoms with Crippen molar-refractivity contribution < 1.29 is 24.2 Å². The van der Waals surface area contributed by atoms with Crippen LogP contribution in [-0.4, -0.2) is 27.1 Å². The van der Waals surface area contributed by atoms with E-state index < -0.39 is 11.9 Å². The molecule has 0 saturated heterocycles. The summed E-state index contributed by atoms with van der Waals surface area (Å²) in [6.07, 6.45) is 0. The van der Waals surface area contributed by atoms with Gasteiger partial charge in [0.1, 0.15) is 10.8 Å². The zero-order chi connectivity index (χ0) is 15.6. The van der Waals surface area contributed by atoms with Gasteiger partial charge in [0.15, 0.2) is 0 Å². The largest absolute Gasteiger partial charge is 0.478 e. The molecule has 2 aromatic heterocycles.